The summed E-state index contributed by atoms with van der Waals surface area (Å²) in [6, 6.07) is 12.0. The number of carbonyl (C=O) groups is 4. The number of halogens is 2. The number of likely N-dealkylation sites (tertiary alicyclic amines) is 1. The Morgan fingerprint density at radius 2 is 1.56 bits per heavy atom. The van der Waals surface area contributed by atoms with Crippen LogP contribution in [0.3, 0.4) is 0 Å². The van der Waals surface area contributed by atoms with Crippen LogP contribution in [0.15, 0.2) is 54.9 Å². The van der Waals surface area contributed by atoms with E-state index in [2.05, 4.69) is 31.1 Å². The Labute approximate surface area is 300 Å². The molecule has 1 unspecified atom stereocenters. The van der Waals surface area contributed by atoms with Gasteiger partial charge in [-0.05, 0) is 107 Å². The number of rotatable bonds is 10. The van der Waals surface area contributed by atoms with E-state index < -0.39 is 30.3 Å². The van der Waals surface area contributed by atoms with Crippen LogP contribution in [0.4, 0.5) is 14.5 Å². The lowest BCUT2D eigenvalue weighted by molar-refractivity contribution is -0.136. The standard InChI is InChI=1S/C39H43F2N7O4/c40-39(41)47-32-9-13-42-24-31(32)28-5-3-26(22-34(28)47)2-1-14-44-15-10-25(11-16-44)12-17-45-18-20-46(21-19-45)27-4-6-29-30(23-27)38(52)48(37(29)51)33-7-8-35(49)43-36(33)50/h3-6,9,13,22-25,33,39H,1-2,7-8,10-12,14-21H2,(H,43,49,50). The molecule has 4 aliphatic rings. The first-order valence-corrected chi connectivity index (χ1v) is 18.4. The summed E-state index contributed by atoms with van der Waals surface area (Å²) >= 11 is 0. The van der Waals surface area contributed by atoms with Gasteiger partial charge in [0, 0.05) is 61.5 Å². The SMILES string of the molecule is O=C1CCC(N2C(=O)c3ccc(N4CCN(CCC5CCN(CCCc6ccc7c8cnccc8n(C(F)F)c7c6)CC5)CC4)cc3C2=O)C(=O)N1. The van der Waals surface area contributed by atoms with Gasteiger partial charge < -0.3 is 9.80 Å². The van der Waals surface area contributed by atoms with E-state index in [1.54, 1.807) is 30.6 Å². The van der Waals surface area contributed by atoms with E-state index >= 15 is 0 Å². The number of benzene rings is 2. The van der Waals surface area contributed by atoms with Crippen LogP contribution in [0, 0.1) is 5.92 Å². The highest BCUT2D eigenvalue weighted by molar-refractivity contribution is 6.23. The summed E-state index contributed by atoms with van der Waals surface area (Å²) in [6.07, 6.45) is 8.85. The fourth-order valence-electron chi connectivity index (χ4n) is 8.56. The fraction of sp³-hybridized carbons (Fsp3) is 0.462. The first-order valence-electron chi connectivity index (χ1n) is 18.4. The van der Waals surface area contributed by atoms with Crippen molar-refractivity contribution in [3.05, 3.63) is 71.5 Å². The maximum Gasteiger partial charge on any atom is 0.319 e. The van der Waals surface area contributed by atoms with Crippen LogP contribution in [0.2, 0.25) is 0 Å². The number of nitrogens with one attached hydrogen (secondary N) is 1. The zero-order valence-corrected chi connectivity index (χ0v) is 29.1. The van der Waals surface area contributed by atoms with Gasteiger partial charge in [-0.25, -0.2) is 0 Å². The zero-order valence-electron chi connectivity index (χ0n) is 29.1. The Balaban J connectivity index is 0.768. The van der Waals surface area contributed by atoms with E-state index in [0.29, 0.717) is 28.1 Å². The molecule has 2 aromatic heterocycles. The van der Waals surface area contributed by atoms with Crippen molar-refractivity contribution in [2.24, 2.45) is 5.92 Å². The smallest absolute Gasteiger partial charge is 0.319 e. The molecule has 3 fully saturated rings. The number of pyridine rings is 1. The molecule has 6 heterocycles. The number of alkyl halides is 2. The number of anilines is 1. The predicted molar refractivity (Wildman–Crippen MR) is 192 cm³/mol. The number of imide groups is 2. The van der Waals surface area contributed by atoms with Gasteiger partial charge in [0.05, 0.1) is 22.2 Å². The molecule has 3 saturated heterocycles. The van der Waals surface area contributed by atoms with Crippen LogP contribution in [0.1, 0.15) is 71.4 Å². The van der Waals surface area contributed by atoms with Gasteiger partial charge in [0.25, 0.3) is 11.8 Å². The maximum atomic E-state index is 14.0. The lowest BCUT2D eigenvalue weighted by atomic mass is 9.93. The fourth-order valence-corrected chi connectivity index (χ4v) is 8.56. The van der Waals surface area contributed by atoms with Crippen molar-refractivity contribution < 1.29 is 28.0 Å². The van der Waals surface area contributed by atoms with E-state index in [4.69, 9.17) is 0 Å². The molecule has 2 aromatic carbocycles. The Hall–Kier alpha value is -4.75. The van der Waals surface area contributed by atoms with E-state index in [9.17, 15) is 28.0 Å². The summed E-state index contributed by atoms with van der Waals surface area (Å²) in [4.78, 5) is 62.8. The molecular weight excluding hydrogens is 668 g/mol. The van der Waals surface area contributed by atoms with Crippen molar-refractivity contribution in [3.8, 4) is 0 Å². The third-order valence-electron chi connectivity index (χ3n) is 11.5. The molecule has 0 spiro atoms. The Kier molecular flexibility index (Phi) is 9.47. The summed E-state index contributed by atoms with van der Waals surface area (Å²) in [5, 5.41) is 3.81. The second kappa shape index (κ2) is 14.3. The minimum absolute atomic E-state index is 0.0971. The molecule has 4 aliphatic heterocycles. The molecule has 8 rings (SSSR count). The van der Waals surface area contributed by atoms with Crippen LogP contribution in [0.5, 0.6) is 0 Å². The zero-order chi connectivity index (χ0) is 35.9. The van der Waals surface area contributed by atoms with Gasteiger partial charge in [-0.15, -0.1) is 0 Å². The molecule has 272 valence electrons. The minimum atomic E-state index is -2.61. The van der Waals surface area contributed by atoms with Crippen molar-refractivity contribution in [2.45, 2.75) is 57.5 Å². The summed E-state index contributed by atoms with van der Waals surface area (Å²) < 4.78 is 29.1. The van der Waals surface area contributed by atoms with Crippen LogP contribution in [-0.4, -0.2) is 106 Å². The van der Waals surface area contributed by atoms with Crippen LogP contribution < -0.4 is 10.2 Å². The van der Waals surface area contributed by atoms with Crippen molar-refractivity contribution in [3.63, 3.8) is 0 Å². The van der Waals surface area contributed by atoms with Gasteiger partial charge in [-0.2, -0.15) is 8.78 Å². The highest BCUT2D eigenvalue weighted by Gasteiger charge is 2.44. The molecule has 13 heteroatoms. The second-order valence-electron chi connectivity index (χ2n) is 14.6. The molecule has 0 bridgehead atoms. The quantitative estimate of drug-likeness (QED) is 0.233. The summed E-state index contributed by atoms with van der Waals surface area (Å²) in [6.45, 7) is 5.13. The van der Waals surface area contributed by atoms with E-state index in [1.807, 2.05) is 18.2 Å². The molecule has 0 radical (unpaired) electrons. The largest absolute Gasteiger partial charge is 0.369 e. The van der Waals surface area contributed by atoms with Crippen LogP contribution >= 0.6 is 0 Å². The van der Waals surface area contributed by atoms with Gasteiger partial charge in [-0.3, -0.25) is 43.8 Å². The number of nitrogens with zero attached hydrogens (tertiary/aromatic N) is 6. The maximum absolute atomic E-state index is 14.0. The number of piperazine rings is 1. The number of amides is 4. The first kappa shape index (κ1) is 34.3. The number of fused-ring (bicyclic) bond motifs is 4. The summed E-state index contributed by atoms with van der Waals surface area (Å²) in [5.41, 5.74) is 3.67. The number of piperidine rings is 2. The molecule has 4 amide bonds. The molecule has 52 heavy (non-hydrogen) atoms. The van der Waals surface area contributed by atoms with Gasteiger partial charge in [0.15, 0.2) is 0 Å². The highest BCUT2D eigenvalue weighted by atomic mass is 19.3. The summed E-state index contributed by atoms with van der Waals surface area (Å²) in [5.74, 6) is -1.25. The average Bonchev–Trinajstić information content (AvgIpc) is 3.61. The van der Waals surface area contributed by atoms with E-state index in [0.717, 1.165) is 96.7 Å². The van der Waals surface area contributed by atoms with Gasteiger partial charge in [0.2, 0.25) is 11.8 Å². The van der Waals surface area contributed by atoms with Crippen molar-refractivity contribution in [2.75, 3.05) is 57.3 Å². The second-order valence-corrected chi connectivity index (χ2v) is 14.6. The number of hydrogen-bond acceptors (Lipinski definition) is 8. The monoisotopic (exact) mass is 711 g/mol. The van der Waals surface area contributed by atoms with E-state index in [-0.39, 0.29) is 18.7 Å². The van der Waals surface area contributed by atoms with Crippen molar-refractivity contribution in [1.29, 1.82) is 0 Å². The molecule has 1 N–H and O–H groups in total. The Bertz CT molecular complexity index is 2030. The average molecular weight is 712 g/mol. The molecule has 11 nitrogen and oxygen atoms in total. The number of hydrogen-bond donors (Lipinski definition) is 1. The topological polar surface area (TPSA) is 111 Å². The first-order chi connectivity index (χ1) is 25.2. The van der Waals surface area contributed by atoms with Crippen molar-refractivity contribution in [1.82, 2.24) is 29.6 Å². The molecular formula is C39H43F2N7O4. The van der Waals surface area contributed by atoms with Crippen molar-refractivity contribution >= 4 is 51.1 Å². The number of aromatic nitrogens is 2. The van der Waals surface area contributed by atoms with Crippen LogP contribution in [0.25, 0.3) is 21.8 Å². The lowest BCUT2D eigenvalue weighted by Gasteiger charge is -2.37. The lowest BCUT2D eigenvalue weighted by Crippen LogP contribution is -2.54. The minimum Gasteiger partial charge on any atom is -0.369 e. The van der Waals surface area contributed by atoms with Gasteiger partial charge >= 0.3 is 6.55 Å². The third-order valence-corrected chi connectivity index (χ3v) is 11.5. The normalized spacial score (nSPS) is 20.9. The van der Waals surface area contributed by atoms with Gasteiger partial charge in [0.1, 0.15) is 6.04 Å². The third kappa shape index (κ3) is 6.56. The summed E-state index contributed by atoms with van der Waals surface area (Å²) in [7, 11) is 0. The molecule has 4 aromatic rings. The highest BCUT2D eigenvalue weighted by Crippen LogP contribution is 2.34. The number of aryl methyl sites for hydroxylation is 1. The predicted octanol–water partition coefficient (Wildman–Crippen LogP) is 4.84. The Morgan fingerprint density at radius 1 is 0.788 bits per heavy atom. The van der Waals surface area contributed by atoms with Crippen LogP contribution in [-0.2, 0) is 16.0 Å². The molecule has 0 saturated carbocycles. The number of carbonyl (C=O) groups excluding carboxylic acids is 4. The van der Waals surface area contributed by atoms with Gasteiger partial charge in [-0.1, -0.05) is 12.1 Å². The Morgan fingerprint density at radius 3 is 2.33 bits per heavy atom. The molecule has 0 aliphatic carbocycles. The molecule has 1 atom stereocenters. The van der Waals surface area contributed by atoms with E-state index in [1.165, 1.54) is 19.3 Å².